The van der Waals surface area contributed by atoms with E-state index in [9.17, 15) is 9.59 Å². The summed E-state index contributed by atoms with van der Waals surface area (Å²) in [6.07, 6.45) is 11.5. The Morgan fingerprint density at radius 3 is 2.55 bits per heavy atom. The van der Waals surface area contributed by atoms with E-state index in [1.54, 1.807) is 0 Å². The summed E-state index contributed by atoms with van der Waals surface area (Å²) < 4.78 is 5.22. The first-order valence-corrected chi connectivity index (χ1v) is 7.66. The first-order valence-electron chi connectivity index (χ1n) is 7.66. The summed E-state index contributed by atoms with van der Waals surface area (Å²) in [6.45, 7) is 3.70. The second kappa shape index (κ2) is 9.56. The van der Waals surface area contributed by atoms with E-state index < -0.39 is 11.9 Å². The number of aliphatic carboxylic acids is 1. The third-order valence-electron chi connectivity index (χ3n) is 3.77. The van der Waals surface area contributed by atoms with E-state index in [0.717, 1.165) is 25.7 Å². The molecule has 0 aromatic rings. The van der Waals surface area contributed by atoms with Crippen LogP contribution in [0.1, 0.15) is 64.2 Å². The number of hydrogen-bond donors (Lipinski definition) is 1. The highest BCUT2D eigenvalue weighted by atomic mass is 16.6. The number of unbranched alkanes of at least 4 members (excludes halogenated alkanes) is 6. The Labute approximate surface area is 121 Å². The lowest BCUT2D eigenvalue weighted by Crippen LogP contribution is -2.12. The lowest BCUT2D eigenvalue weighted by Gasteiger charge is -2.08. The molecule has 1 rings (SSSR count). The molecule has 0 aromatic heterocycles. The number of hydrogen-bond acceptors (Lipinski definition) is 3. The summed E-state index contributed by atoms with van der Waals surface area (Å²) >= 11 is 0. The summed E-state index contributed by atoms with van der Waals surface area (Å²) in [5.74, 6) is -1.69. The van der Waals surface area contributed by atoms with Gasteiger partial charge in [-0.3, -0.25) is 9.59 Å². The number of carboxylic acid groups (broad SMARTS) is 1. The summed E-state index contributed by atoms with van der Waals surface area (Å²) in [5.41, 5.74) is 0. The van der Waals surface area contributed by atoms with Crippen LogP contribution in [0.2, 0.25) is 0 Å². The van der Waals surface area contributed by atoms with E-state index in [0.29, 0.717) is 6.42 Å². The number of allylic oxidation sites excluding steroid dienone is 1. The molecule has 114 valence electrons. The molecule has 1 saturated heterocycles. The van der Waals surface area contributed by atoms with Crippen LogP contribution < -0.4 is 0 Å². The fourth-order valence-corrected chi connectivity index (χ4v) is 2.64. The van der Waals surface area contributed by atoms with Gasteiger partial charge in [-0.15, -0.1) is 6.58 Å². The van der Waals surface area contributed by atoms with E-state index >= 15 is 0 Å². The van der Waals surface area contributed by atoms with Crippen LogP contribution in [0.3, 0.4) is 0 Å². The van der Waals surface area contributed by atoms with Crippen molar-refractivity contribution in [3.8, 4) is 0 Å². The summed E-state index contributed by atoms with van der Waals surface area (Å²) in [5, 5.41) is 8.70. The van der Waals surface area contributed by atoms with Crippen LogP contribution in [0.4, 0.5) is 0 Å². The normalized spacial score (nSPS) is 21.7. The van der Waals surface area contributed by atoms with Crippen molar-refractivity contribution in [1.82, 2.24) is 0 Å². The first kappa shape index (κ1) is 16.7. The van der Waals surface area contributed by atoms with Gasteiger partial charge in [0, 0.05) is 0 Å². The molecule has 1 fully saturated rings. The molecule has 2 atom stereocenters. The molecule has 0 aliphatic carbocycles. The number of carboxylic acids is 1. The molecule has 1 N–H and O–H groups in total. The molecule has 2 unspecified atom stereocenters. The minimum absolute atomic E-state index is 0.0624. The van der Waals surface area contributed by atoms with Crippen LogP contribution in [-0.4, -0.2) is 23.1 Å². The number of ether oxygens (including phenoxy) is 1. The Hall–Kier alpha value is -1.32. The van der Waals surface area contributed by atoms with Crippen LogP contribution in [0.5, 0.6) is 0 Å². The molecule has 4 nitrogen and oxygen atoms in total. The second-order valence-corrected chi connectivity index (χ2v) is 5.58. The van der Waals surface area contributed by atoms with Gasteiger partial charge < -0.3 is 9.84 Å². The molecule has 0 spiro atoms. The topological polar surface area (TPSA) is 63.6 Å². The van der Waals surface area contributed by atoms with Gasteiger partial charge in [-0.1, -0.05) is 31.8 Å². The lowest BCUT2D eigenvalue weighted by molar-refractivity contribution is -0.148. The fraction of sp³-hybridized carbons (Fsp3) is 0.750. The molecule has 0 amide bonds. The zero-order valence-electron chi connectivity index (χ0n) is 12.2. The van der Waals surface area contributed by atoms with Crippen molar-refractivity contribution in [3.63, 3.8) is 0 Å². The quantitative estimate of drug-likeness (QED) is 0.356. The Balaban J connectivity index is 2.01. The molecule has 0 aromatic carbocycles. The average Bonchev–Trinajstić information content (AvgIpc) is 2.72. The van der Waals surface area contributed by atoms with Gasteiger partial charge in [0.2, 0.25) is 0 Å². The maximum atomic E-state index is 11.5. The van der Waals surface area contributed by atoms with Crippen molar-refractivity contribution in [3.05, 3.63) is 12.7 Å². The maximum absolute atomic E-state index is 11.5. The largest absolute Gasteiger partial charge is 0.481 e. The molecule has 4 heteroatoms. The molecular formula is C16H26O4. The van der Waals surface area contributed by atoms with Crippen molar-refractivity contribution in [2.24, 2.45) is 5.92 Å². The molecule has 1 heterocycles. The first-order chi connectivity index (χ1) is 9.63. The van der Waals surface area contributed by atoms with Crippen molar-refractivity contribution in [1.29, 1.82) is 0 Å². The number of esters is 1. The smallest absolute Gasteiger partial charge is 0.309 e. The van der Waals surface area contributed by atoms with Gasteiger partial charge in [0.1, 0.15) is 6.10 Å². The highest BCUT2D eigenvalue weighted by Crippen LogP contribution is 2.27. The molecular weight excluding hydrogens is 256 g/mol. The van der Waals surface area contributed by atoms with E-state index in [4.69, 9.17) is 9.84 Å². The van der Waals surface area contributed by atoms with E-state index in [1.807, 2.05) is 6.08 Å². The minimum Gasteiger partial charge on any atom is -0.481 e. The van der Waals surface area contributed by atoms with E-state index in [1.165, 1.54) is 25.7 Å². The van der Waals surface area contributed by atoms with Crippen LogP contribution in [0, 0.1) is 5.92 Å². The summed E-state index contributed by atoms with van der Waals surface area (Å²) in [7, 11) is 0. The Morgan fingerprint density at radius 2 is 1.90 bits per heavy atom. The van der Waals surface area contributed by atoms with Gasteiger partial charge in [-0.25, -0.2) is 0 Å². The van der Waals surface area contributed by atoms with Crippen molar-refractivity contribution < 1.29 is 19.4 Å². The monoisotopic (exact) mass is 282 g/mol. The molecule has 0 saturated carbocycles. The van der Waals surface area contributed by atoms with Crippen LogP contribution >= 0.6 is 0 Å². The Kier molecular flexibility index (Phi) is 8.00. The van der Waals surface area contributed by atoms with Gasteiger partial charge in [-0.05, 0) is 32.1 Å². The Morgan fingerprint density at radius 1 is 1.25 bits per heavy atom. The highest BCUT2D eigenvalue weighted by molar-refractivity contribution is 5.80. The second-order valence-electron chi connectivity index (χ2n) is 5.58. The van der Waals surface area contributed by atoms with Crippen LogP contribution in [0.25, 0.3) is 0 Å². The molecule has 1 aliphatic heterocycles. The third-order valence-corrected chi connectivity index (χ3v) is 3.77. The maximum Gasteiger partial charge on any atom is 0.309 e. The van der Waals surface area contributed by atoms with Gasteiger partial charge in [0.15, 0.2) is 0 Å². The zero-order valence-corrected chi connectivity index (χ0v) is 12.2. The molecule has 1 aliphatic rings. The number of cyclic esters (lactones) is 1. The lowest BCUT2D eigenvalue weighted by atomic mass is 9.98. The highest BCUT2D eigenvalue weighted by Gasteiger charge is 2.35. The van der Waals surface area contributed by atoms with Crippen molar-refractivity contribution in [2.45, 2.75) is 70.3 Å². The fourth-order valence-electron chi connectivity index (χ4n) is 2.64. The van der Waals surface area contributed by atoms with E-state index in [-0.39, 0.29) is 18.5 Å². The number of carbonyl (C=O) groups is 2. The van der Waals surface area contributed by atoms with Crippen molar-refractivity contribution in [2.75, 3.05) is 0 Å². The van der Waals surface area contributed by atoms with Gasteiger partial charge >= 0.3 is 11.9 Å². The predicted octanol–water partition coefficient (Wildman–Crippen LogP) is 3.70. The SMILES string of the molecule is C=CCCCCCCCCC1CC(CC(=O)O)C(=O)O1. The van der Waals surface area contributed by atoms with Gasteiger partial charge in [0.05, 0.1) is 12.3 Å². The summed E-state index contributed by atoms with van der Waals surface area (Å²) in [6, 6.07) is 0. The zero-order chi connectivity index (χ0) is 14.8. The third kappa shape index (κ3) is 6.73. The number of carbonyl (C=O) groups excluding carboxylic acids is 1. The number of rotatable bonds is 11. The molecule has 20 heavy (non-hydrogen) atoms. The van der Waals surface area contributed by atoms with Crippen molar-refractivity contribution >= 4 is 11.9 Å². The summed E-state index contributed by atoms with van der Waals surface area (Å²) in [4.78, 5) is 22.1. The van der Waals surface area contributed by atoms with Gasteiger partial charge in [0.25, 0.3) is 0 Å². The Bertz CT molecular complexity index is 324. The van der Waals surface area contributed by atoms with Crippen LogP contribution in [0.15, 0.2) is 12.7 Å². The predicted molar refractivity (Wildman–Crippen MR) is 77.4 cm³/mol. The standard InChI is InChI=1S/C16H26O4/c1-2-3-4-5-6-7-8-9-10-14-11-13(12-15(17)18)16(19)20-14/h2,13-14H,1,3-12H2,(H,17,18). The molecule has 0 bridgehead atoms. The van der Waals surface area contributed by atoms with E-state index in [2.05, 4.69) is 6.58 Å². The van der Waals surface area contributed by atoms with Gasteiger partial charge in [-0.2, -0.15) is 0 Å². The van der Waals surface area contributed by atoms with Crippen LogP contribution in [-0.2, 0) is 14.3 Å². The molecule has 0 radical (unpaired) electrons. The minimum atomic E-state index is -0.924. The average molecular weight is 282 g/mol.